The molecule has 0 aromatic heterocycles. The second kappa shape index (κ2) is 7.87. The number of amides is 1. The normalized spacial score (nSPS) is 18.9. The lowest BCUT2D eigenvalue weighted by molar-refractivity contribution is -0.136. The van der Waals surface area contributed by atoms with Crippen LogP contribution in [-0.4, -0.2) is 58.2 Å². The summed E-state index contributed by atoms with van der Waals surface area (Å²) in [7, 11) is 0. The van der Waals surface area contributed by atoms with Gasteiger partial charge >= 0.3 is 12.1 Å². The van der Waals surface area contributed by atoms with Crippen molar-refractivity contribution in [1.82, 2.24) is 9.80 Å². The highest BCUT2D eigenvalue weighted by atomic mass is 16.6. The van der Waals surface area contributed by atoms with Gasteiger partial charge in [0.25, 0.3) is 0 Å². The molecule has 6 nitrogen and oxygen atoms in total. The molecule has 25 heavy (non-hydrogen) atoms. The smallest absolute Gasteiger partial charge is 0.410 e. The highest BCUT2D eigenvalue weighted by Crippen LogP contribution is 2.17. The highest BCUT2D eigenvalue weighted by Gasteiger charge is 2.30. The molecule has 0 radical (unpaired) electrons. The van der Waals surface area contributed by atoms with Crippen molar-refractivity contribution in [2.45, 2.75) is 52.3 Å². The predicted molar refractivity (Wildman–Crippen MR) is 95.5 cm³/mol. The molecule has 1 unspecified atom stereocenters. The fourth-order valence-corrected chi connectivity index (χ4v) is 2.96. The third-order valence-corrected chi connectivity index (χ3v) is 4.12. The first kappa shape index (κ1) is 19.2. The van der Waals surface area contributed by atoms with Crippen LogP contribution in [0.5, 0.6) is 0 Å². The number of rotatable bonds is 4. The lowest BCUT2D eigenvalue weighted by Crippen LogP contribution is -2.54. The number of carboxylic acids is 1. The number of piperazine rings is 1. The van der Waals surface area contributed by atoms with Crippen molar-refractivity contribution in [3.63, 3.8) is 0 Å². The van der Waals surface area contributed by atoms with Gasteiger partial charge in [-0.3, -0.25) is 9.69 Å². The first-order chi connectivity index (χ1) is 11.6. The second-order valence-electron chi connectivity index (χ2n) is 7.64. The maximum atomic E-state index is 12.3. The van der Waals surface area contributed by atoms with Crippen LogP contribution < -0.4 is 0 Å². The molecular formula is C19H28N2O4. The van der Waals surface area contributed by atoms with Crippen molar-refractivity contribution in [3.8, 4) is 0 Å². The Morgan fingerprint density at radius 1 is 1.16 bits per heavy atom. The Kier molecular flexibility index (Phi) is 6.06. The van der Waals surface area contributed by atoms with E-state index in [1.165, 1.54) is 0 Å². The summed E-state index contributed by atoms with van der Waals surface area (Å²) in [4.78, 5) is 27.1. The molecule has 1 atom stereocenters. The molecule has 1 aliphatic rings. The van der Waals surface area contributed by atoms with E-state index in [1.54, 1.807) is 4.90 Å². The number of carboxylic acid groups (broad SMARTS) is 1. The van der Waals surface area contributed by atoms with Crippen molar-refractivity contribution in [3.05, 3.63) is 35.4 Å². The summed E-state index contributed by atoms with van der Waals surface area (Å²) in [5, 5.41) is 8.82. The van der Waals surface area contributed by atoms with Crippen LogP contribution in [0.4, 0.5) is 4.79 Å². The van der Waals surface area contributed by atoms with Crippen LogP contribution in [0.15, 0.2) is 24.3 Å². The number of benzene rings is 1. The van der Waals surface area contributed by atoms with E-state index in [-0.39, 0.29) is 18.6 Å². The zero-order valence-corrected chi connectivity index (χ0v) is 15.5. The number of nitrogens with zero attached hydrogens (tertiary/aromatic N) is 2. The molecule has 0 spiro atoms. The largest absolute Gasteiger partial charge is 0.481 e. The van der Waals surface area contributed by atoms with E-state index in [2.05, 4.69) is 4.90 Å². The van der Waals surface area contributed by atoms with Gasteiger partial charge in [0.1, 0.15) is 5.60 Å². The monoisotopic (exact) mass is 348 g/mol. The Hall–Kier alpha value is -2.08. The van der Waals surface area contributed by atoms with Crippen LogP contribution in [-0.2, 0) is 22.5 Å². The summed E-state index contributed by atoms with van der Waals surface area (Å²) in [6.07, 6.45) is -0.205. The molecule has 1 aliphatic heterocycles. The van der Waals surface area contributed by atoms with Gasteiger partial charge in [-0.05, 0) is 38.8 Å². The number of hydrogen-bond donors (Lipinski definition) is 1. The van der Waals surface area contributed by atoms with E-state index in [0.717, 1.165) is 30.8 Å². The van der Waals surface area contributed by atoms with E-state index in [1.807, 2.05) is 52.0 Å². The van der Waals surface area contributed by atoms with E-state index in [4.69, 9.17) is 9.84 Å². The summed E-state index contributed by atoms with van der Waals surface area (Å²) >= 11 is 0. The first-order valence-electron chi connectivity index (χ1n) is 8.65. The Labute approximate surface area is 149 Å². The van der Waals surface area contributed by atoms with Gasteiger partial charge in [-0.25, -0.2) is 4.79 Å². The minimum Gasteiger partial charge on any atom is -0.481 e. The third kappa shape index (κ3) is 6.05. The fourth-order valence-electron chi connectivity index (χ4n) is 2.96. The summed E-state index contributed by atoms with van der Waals surface area (Å²) < 4.78 is 5.47. The SMILES string of the molecule is CC1CN(Cc2ccc(CC(=O)O)cc2)CCN1C(=O)OC(C)(C)C. The number of carbonyl (C=O) groups is 2. The van der Waals surface area contributed by atoms with Crippen molar-refractivity contribution in [1.29, 1.82) is 0 Å². The molecule has 0 bridgehead atoms. The van der Waals surface area contributed by atoms with Gasteiger partial charge in [0.05, 0.1) is 6.42 Å². The van der Waals surface area contributed by atoms with Gasteiger partial charge in [-0.1, -0.05) is 24.3 Å². The molecule has 1 aromatic carbocycles. The number of aliphatic carboxylic acids is 1. The maximum Gasteiger partial charge on any atom is 0.410 e. The number of ether oxygens (including phenoxy) is 1. The van der Waals surface area contributed by atoms with Crippen LogP contribution in [0, 0.1) is 0 Å². The molecule has 1 amide bonds. The quantitative estimate of drug-likeness (QED) is 0.906. The molecule has 1 aromatic rings. The van der Waals surface area contributed by atoms with Crippen molar-refractivity contribution >= 4 is 12.1 Å². The minimum atomic E-state index is -0.820. The fraction of sp³-hybridized carbons (Fsp3) is 0.579. The molecule has 6 heteroatoms. The number of hydrogen-bond acceptors (Lipinski definition) is 4. The maximum absolute atomic E-state index is 12.3. The van der Waals surface area contributed by atoms with Crippen LogP contribution in [0.3, 0.4) is 0 Å². The summed E-state index contributed by atoms with van der Waals surface area (Å²) in [5.74, 6) is -0.820. The van der Waals surface area contributed by atoms with Gasteiger partial charge in [0.15, 0.2) is 0 Å². The van der Waals surface area contributed by atoms with Crippen LogP contribution in [0.2, 0.25) is 0 Å². The molecule has 0 aliphatic carbocycles. The average molecular weight is 348 g/mol. The van der Waals surface area contributed by atoms with E-state index in [0.29, 0.717) is 6.54 Å². The van der Waals surface area contributed by atoms with E-state index >= 15 is 0 Å². The Morgan fingerprint density at radius 2 is 1.76 bits per heavy atom. The topological polar surface area (TPSA) is 70.1 Å². The molecular weight excluding hydrogens is 320 g/mol. The van der Waals surface area contributed by atoms with Crippen LogP contribution >= 0.6 is 0 Å². The summed E-state index contributed by atoms with van der Waals surface area (Å²) in [6.45, 7) is 10.7. The standard InChI is InChI=1S/C19H28N2O4/c1-14-12-20(9-10-21(14)18(24)25-19(2,3)4)13-16-7-5-15(6-8-16)11-17(22)23/h5-8,14H,9-13H2,1-4H3,(H,22,23). The zero-order chi connectivity index (χ0) is 18.6. The third-order valence-electron chi connectivity index (χ3n) is 4.12. The average Bonchev–Trinajstić information content (AvgIpc) is 2.47. The Bertz CT molecular complexity index is 607. The first-order valence-corrected chi connectivity index (χ1v) is 8.65. The Balaban J connectivity index is 1.88. The lowest BCUT2D eigenvalue weighted by atomic mass is 10.1. The molecule has 2 rings (SSSR count). The zero-order valence-electron chi connectivity index (χ0n) is 15.5. The molecule has 1 fully saturated rings. The van der Waals surface area contributed by atoms with Crippen LogP contribution in [0.25, 0.3) is 0 Å². The second-order valence-corrected chi connectivity index (χ2v) is 7.64. The Morgan fingerprint density at radius 3 is 2.28 bits per heavy atom. The van der Waals surface area contributed by atoms with E-state index in [9.17, 15) is 9.59 Å². The van der Waals surface area contributed by atoms with Gasteiger partial charge in [-0.15, -0.1) is 0 Å². The van der Waals surface area contributed by atoms with Gasteiger partial charge in [0.2, 0.25) is 0 Å². The molecule has 1 saturated heterocycles. The van der Waals surface area contributed by atoms with Gasteiger partial charge in [-0.2, -0.15) is 0 Å². The molecule has 0 saturated carbocycles. The summed E-state index contributed by atoms with van der Waals surface area (Å²) in [5.41, 5.74) is 1.47. The van der Waals surface area contributed by atoms with Gasteiger partial charge in [0, 0.05) is 32.2 Å². The molecule has 138 valence electrons. The van der Waals surface area contributed by atoms with Crippen molar-refractivity contribution < 1.29 is 19.4 Å². The predicted octanol–water partition coefficient (Wildman–Crippen LogP) is 2.75. The lowest BCUT2D eigenvalue weighted by Gasteiger charge is -2.40. The van der Waals surface area contributed by atoms with Gasteiger partial charge < -0.3 is 14.7 Å². The molecule has 1 heterocycles. The van der Waals surface area contributed by atoms with E-state index < -0.39 is 11.6 Å². The minimum absolute atomic E-state index is 0.0475. The summed E-state index contributed by atoms with van der Waals surface area (Å²) in [6, 6.07) is 7.77. The van der Waals surface area contributed by atoms with Crippen molar-refractivity contribution in [2.24, 2.45) is 0 Å². The molecule has 1 N–H and O–H groups in total. The highest BCUT2D eigenvalue weighted by molar-refractivity contribution is 5.70. The number of carbonyl (C=O) groups excluding carboxylic acids is 1. The van der Waals surface area contributed by atoms with Crippen LogP contribution in [0.1, 0.15) is 38.8 Å². The van der Waals surface area contributed by atoms with Crippen molar-refractivity contribution in [2.75, 3.05) is 19.6 Å².